The van der Waals surface area contributed by atoms with Gasteiger partial charge in [0, 0.05) is 30.9 Å². The lowest BCUT2D eigenvalue weighted by Gasteiger charge is -2.22. The predicted octanol–water partition coefficient (Wildman–Crippen LogP) is 1.29. The van der Waals surface area contributed by atoms with Gasteiger partial charge in [-0.25, -0.2) is 0 Å². The van der Waals surface area contributed by atoms with Gasteiger partial charge in [-0.05, 0) is 36.4 Å². The predicted molar refractivity (Wildman–Crippen MR) is 103 cm³/mol. The lowest BCUT2D eigenvalue weighted by Crippen LogP contribution is -2.40. The van der Waals surface area contributed by atoms with Gasteiger partial charge >= 0.3 is 0 Å². The molecule has 0 aromatic heterocycles. The standard InChI is InChI=1S/C21H17N3O4/c1-4-13-6-5-7-15(10-13)24(12-18(25)22-2)19(26)14-8-9-16-17(11-14)21(28)23(3)20(16)27/h1,5-11H,12H2,2-3H3,(H,22,25). The average Bonchev–Trinajstić information content (AvgIpc) is 2.95. The molecule has 2 aromatic rings. The molecule has 1 N–H and O–H groups in total. The Labute approximate surface area is 161 Å². The van der Waals surface area contributed by atoms with Gasteiger partial charge in [-0.1, -0.05) is 12.0 Å². The van der Waals surface area contributed by atoms with E-state index < -0.39 is 17.7 Å². The van der Waals surface area contributed by atoms with Gasteiger partial charge < -0.3 is 5.32 Å². The molecule has 140 valence electrons. The van der Waals surface area contributed by atoms with Crippen molar-refractivity contribution in [3.8, 4) is 12.3 Å². The monoisotopic (exact) mass is 375 g/mol. The number of carbonyl (C=O) groups is 4. The molecule has 7 nitrogen and oxygen atoms in total. The van der Waals surface area contributed by atoms with Crippen LogP contribution in [0.5, 0.6) is 0 Å². The number of hydrogen-bond donors (Lipinski definition) is 1. The largest absolute Gasteiger partial charge is 0.358 e. The van der Waals surface area contributed by atoms with Crippen molar-refractivity contribution in [1.29, 1.82) is 0 Å². The highest BCUT2D eigenvalue weighted by Crippen LogP contribution is 2.25. The van der Waals surface area contributed by atoms with Gasteiger partial charge in [0.2, 0.25) is 5.91 Å². The van der Waals surface area contributed by atoms with Crippen molar-refractivity contribution in [1.82, 2.24) is 10.2 Å². The number of imide groups is 1. The van der Waals surface area contributed by atoms with Crippen LogP contribution in [0.4, 0.5) is 5.69 Å². The molecule has 0 spiro atoms. The second-order valence-corrected chi connectivity index (χ2v) is 6.19. The van der Waals surface area contributed by atoms with Crippen LogP contribution in [0.3, 0.4) is 0 Å². The Bertz CT molecular complexity index is 1050. The fraction of sp³-hybridized carbons (Fsp3) is 0.143. The fourth-order valence-electron chi connectivity index (χ4n) is 2.92. The first-order valence-electron chi connectivity index (χ1n) is 8.43. The number of terminal acetylenes is 1. The number of benzene rings is 2. The summed E-state index contributed by atoms with van der Waals surface area (Å²) in [5, 5.41) is 2.48. The molecule has 0 bridgehead atoms. The minimum atomic E-state index is -0.490. The van der Waals surface area contributed by atoms with Crippen LogP contribution < -0.4 is 10.2 Å². The number of nitrogens with zero attached hydrogens (tertiary/aromatic N) is 2. The number of amides is 4. The number of hydrogen-bond acceptors (Lipinski definition) is 4. The number of likely N-dealkylation sites (N-methyl/N-ethyl adjacent to an activating group) is 1. The number of carbonyl (C=O) groups excluding carboxylic acids is 4. The van der Waals surface area contributed by atoms with Crippen LogP contribution in [0.15, 0.2) is 42.5 Å². The normalized spacial score (nSPS) is 12.4. The molecule has 0 radical (unpaired) electrons. The maximum Gasteiger partial charge on any atom is 0.261 e. The summed E-state index contributed by atoms with van der Waals surface area (Å²) in [5.41, 5.74) is 1.60. The Balaban J connectivity index is 2.03. The third-order valence-corrected chi connectivity index (χ3v) is 4.49. The number of anilines is 1. The highest BCUT2D eigenvalue weighted by molar-refractivity contribution is 6.22. The summed E-state index contributed by atoms with van der Waals surface area (Å²) >= 11 is 0. The second-order valence-electron chi connectivity index (χ2n) is 6.19. The van der Waals surface area contributed by atoms with Crippen LogP contribution >= 0.6 is 0 Å². The molecule has 1 aliphatic heterocycles. The maximum absolute atomic E-state index is 13.2. The minimum absolute atomic E-state index is 0.163. The first kappa shape index (κ1) is 18.9. The summed E-state index contributed by atoms with van der Waals surface area (Å²) in [6, 6.07) is 11.0. The highest BCUT2D eigenvalue weighted by Gasteiger charge is 2.33. The molecule has 28 heavy (non-hydrogen) atoms. The molecule has 2 aromatic carbocycles. The van der Waals surface area contributed by atoms with E-state index in [1.807, 2.05) is 0 Å². The maximum atomic E-state index is 13.2. The van der Waals surface area contributed by atoms with E-state index in [2.05, 4.69) is 11.2 Å². The third-order valence-electron chi connectivity index (χ3n) is 4.49. The Hall–Kier alpha value is -3.92. The summed E-state index contributed by atoms with van der Waals surface area (Å²) in [6.07, 6.45) is 5.43. The van der Waals surface area contributed by atoms with E-state index >= 15 is 0 Å². The molecule has 0 saturated heterocycles. The van der Waals surface area contributed by atoms with Crippen LogP contribution in [-0.4, -0.2) is 49.2 Å². The lowest BCUT2D eigenvalue weighted by molar-refractivity contribution is -0.119. The smallest absolute Gasteiger partial charge is 0.261 e. The minimum Gasteiger partial charge on any atom is -0.358 e. The summed E-state index contributed by atoms with van der Waals surface area (Å²) < 4.78 is 0. The van der Waals surface area contributed by atoms with Gasteiger partial charge in [-0.3, -0.25) is 29.0 Å². The zero-order valence-corrected chi connectivity index (χ0v) is 15.4. The van der Waals surface area contributed by atoms with Gasteiger partial charge in [-0.2, -0.15) is 0 Å². The second kappa shape index (κ2) is 7.37. The highest BCUT2D eigenvalue weighted by atomic mass is 16.2. The zero-order chi connectivity index (χ0) is 20.4. The first-order valence-corrected chi connectivity index (χ1v) is 8.43. The van der Waals surface area contributed by atoms with Gasteiger partial charge in [0.15, 0.2) is 0 Å². The molecular weight excluding hydrogens is 358 g/mol. The quantitative estimate of drug-likeness (QED) is 0.644. The molecule has 0 atom stereocenters. The van der Waals surface area contributed by atoms with Crippen molar-refractivity contribution in [3.05, 3.63) is 64.7 Å². The van der Waals surface area contributed by atoms with Crippen molar-refractivity contribution in [2.24, 2.45) is 0 Å². The summed E-state index contributed by atoms with van der Waals surface area (Å²) in [6.45, 7) is -0.229. The van der Waals surface area contributed by atoms with Crippen LogP contribution in [0.25, 0.3) is 0 Å². The van der Waals surface area contributed by atoms with Crippen molar-refractivity contribution in [3.63, 3.8) is 0 Å². The van der Waals surface area contributed by atoms with Crippen molar-refractivity contribution in [2.75, 3.05) is 25.5 Å². The van der Waals surface area contributed by atoms with Crippen LogP contribution in [0.2, 0.25) is 0 Å². The Morgan fingerprint density at radius 3 is 2.50 bits per heavy atom. The van der Waals surface area contributed by atoms with E-state index in [1.54, 1.807) is 24.3 Å². The number of fused-ring (bicyclic) bond motifs is 1. The summed E-state index contributed by atoms with van der Waals surface area (Å²) in [7, 11) is 2.85. The zero-order valence-electron chi connectivity index (χ0n) is 15.4. The molecule has 1 heterocycles. The summed E-state index contributed by atoms with van der Waals surface area (Å²) in [5.74, 6) is 0.748. The van der Waals surface area contributed by atoms with Gasteiger partial charge in [0.25, 0.3) is 17.7 Å². The van der Waals surface area contributed by atoms with Crippen LogP contribution in [0.1, 0.15) is 36.6 Å². The fourth-order valence-corrected chi connectivity index (χ4v) is 2.92. The Morgan fingerprint density at radius 1 is 1.11 bits per heavy atom. The lowest BCUT2D eigenvalue weighted by atomic mass is 10.0. The molecule has 7 heteroatoms. The van der Waals surface area contributed by atoms with Crippen LogP contribution in [0, 0.1) is 12.3 Å². The van der Waals surface area contributed by atoms with E-state index in [0.29, 0.717) is 11.3 Å². The molecule has 0 unspecified atom stereocenters. The first-order chi connectivity index (χ1) is 13.4. The topological polar surface area (TPSA) is 86.8 Å². The van der Waals surface area contributed by atoms with Crippen molar-refractivity contribution in [2.45, 2.75) is 0 Å². The number of nitrogens with one attached hydrogen (secondary N) is 1. The van der Waals surface area contributed by atoms with E-state index in [-0.39, 0.29) is 29.1 Å². The van der Waals surface area contributed by atoms with E-state index in [9.17, 15) is 19.2 Å². The Morgan fingerprint density at radius 2 is 1.82 bits per heavy atom. The SMILES string of the molecule is C#Cc1cccc(N(CC(=O)NC)C(=O)c2ccc3c(c2)C(=O)N(C)C3=O)c1. The van der Waals surface area contributed by atoms with E-state index in [1.165, 1.54) is 37.2 Å². The Kier molecular flexibility index (Phi) is 4.96. The van der Waals surface area contributed by atoms with Crippen molar-refractivity contribution >= 4 is 29.3 Å². The number of rotatable bonds is 4. The van der Waals surface area contributed by atoms with E-state index in [0.717, 1.165) is 4.90 Å². The van der Waals surface area contributed by atoms with Gasteiger partial charge in [0.05, 0.1) is 11.1 Å². The van der Waals surface area contributed by atoms with Crippen molar-refractivity contribution < 1.29 is 19.2 Å². The van der Waals surface area contributed by atoms with Crippen LogP contribution in [-0.2, 0) is 4.79 Å². The molecule has 0 saturated carbocycles. The third kappa shape index (κ3) is 3.23. The van der Waals surface area contributed by atoms with Gasteiger partial charge in [0.1, 0.15) is 6.54 Å². The van der Waals surface area contributed by atoms with Gasteiger partial charge in [-0.15, -0.1) is 6.42 Å². The average molecular weight is 375 g/mol. The molecular formula is C21H17N3O4. The molecule has 4 amide bonds. The molecule has 1 aliphatic rings. The van der Waals surface area contributed by atoms with E-state index in [4.69, 9.17) is 6.42 Å². The molecule has 3 rings (SSSR count). The molecule has 0 fully saturated rings. The molecule has 0 aliphatic carbocycles. The summed E-state index contributed by atoms with van der Waals surface area (Å²) in [4.78, 5) is 51.6.